The molecule has 0 fully saturated rings. The first-order valence-electron chi connectivity index (χ1n) is 5.03. The van der Waals surface area contributed by atoms with Gasteiger partial charge in [0, 0.05) is 23.1 Å². The van der Waals surface area contributed by atoms with Crippen LogP contribution in [0.3, 0.4) is 0 Å². The number of alkyl halides is 4. The Morgan fingerprint density at radius 3 is 2.41 bits per heavy atom. The van der Waals surface area contributed by atoms with Crippen LogP contribution in [0.4, 0.5) is 18.9 Å². The van der Waals surface area contributed by atoms with E-state index >= 15 is 0 Å². The van der Waals surface area contributed by atoms with Crippen LogP contribution in [0.2, 0.25) is 5.02 Å². The van der Waals surface area contributed by atoms with Gasteiger partial charge in [-0.2, -0.15) is 13.2 Å². The molecular weight excluding hydrogens is 274 g/mol. The van der Waals surface area contributed by atoms with Gasteiger partial charge in [-0.15, -0.1) is 11.6 Å². The third-order valence-corrected chi connectivity index (χ3v) is 2.81. The molecule has 1 aromatic carbocycles. The van der Waals surface area contributed by atoms with Crippen molar-refractivity contribution in [2.75, 3.05) is 18.0 Å². The molecule has 0 saturated heterocycles. The highest BCUT2D eigenvalue weighted by atomic mass is 35.5. The molecule has 0 N–H and O–H groups in total. The molecule has 1 nitrogen and oxygen atoms in total. The van der Waals surface area contributed by atoms with Gasteiger partial charge in [0.1, 0.15) is 6.54 Å². The molecule has 0 unspecified atom stereocenters. The average Bonchev–Trinajstić information content (AvgIpc) is 2.24. The van der Waals surface area contributed by atoms with E-state index in [1.807, 2.05) is 0 Å². The van der Waals surface area contributed by atoms with Crippen molar-refractivity contribution in [3.63, 3.8) is 0 Å². The van der Waals surface area contributed by atoms with Gasteiger partial charge in [0.05, 0.1) is 0 Å². The molecule has 6 heteroatoms. The van der Waals surface area contributed by atoms with Crippen LogP contribution in [0.25, 0.3) is 0 Å². The lowest BCUT2D eigenvalue weighted by Gasteiger charge is -2.26. The number of hydrogen-bond donors (Lipinski definition) is 0. The molecule has 0 amide bonds. The van der Waals surface area contributed by atoms with Crippen LogP contribution >= 0.6 is 23.2 Å². The van der Waals surface area contributed by atoms with Crippen LogP contribution in [-0.4, -0.2) is 19.3 Å². The summed E-state index contributed by atoms with van der Waals surface area (Å²) in [5.41, 5.74) is 1.08. The van der Waals surface area contributed by atoms with Gasteiger partial charge in [0.15, 0.2) is 0 Å². The maximum absolute atomic E-state index is 12.4. The normalized spacial score (nSPS) is 11.6. The van der Waals surface area contributed by atoms with E-state index in [-0.39, 0.29) is 12.4 Å². The van der Waals surface area contributed by atoms with E-state index in [2.05, 4.69) is 0 Å². The van der Waals surface area contributed by atoms with E-state index < -0.39 is 12.7 Å². The topological polar surface area (TPSA) is 3.24 Å². The fourth-order valence-electron chi connectivity index (χ4n) is 1.53. The summed E-state index contributed by atoms with van der Waals surface area (Å²) in [6, 6.07) is 4.77. The van der Waals surface area contributed by atoms with Crippen molar-refractivity contribution in [3.8, 4) is 0 Å². The smallest absolute Gasteiger partial charge is 0.363 e. The highest BCUT2D eigenvalue weighted by molar-refractivity contribution is 6.31. The highest BCUT2D eigenvalue weighted by Crippen LogP contribution is 2.29. The van der Waals surface area contributed by atoms with Crippen molar-refractivity contribution in [1.29, 1.82) is 0 Å². The summed E-state index contributed by atoms with van der Waals surface area (Å²) < 4.78 is 37.2. The first kappa shape index (κ1) is 14.5. The first-order chi connectivity index (χ1) is 7.87. The summed E-state index contributed by atoms with van der Waals surface area (Å²) in [7, 11) is 0. The molecule has 0 atom stereocenters. The molecule has 1 rings (SSSR count). The third-order valence-electron chi connectivity index (χ3n) is 2.28. The van der Waals surface area contributed by atoms with Crippen molar-refractivity contribution >= 4 is 28.9 Å². The van der Waals surface area contributed by atoms with Gasteiger partial charge >= 0.3 is 6.18 Å². The fraction of sp³-hybridized carbons (Fsp3) is 0.455. The van der Waals surface area contributed by atoms with Crippen molar-refractivity contribution in [3.05, 3.63) is 28.8 Å². The van der Waals surface area contributed by atoms with Gasteiger partial charge in [0.2, 0.25) is 0 Å². The Balaban J connectivity index is 3.06. The number of halogens is 5. The second-order valence-electron chi connectivity index (χ2n) is 3.54. The van der Waals surface area contributed by atoms with Gasteiger partial charge < -0.3 is 4.90 Å². The second kappa shape index (κ2) is 5.83. The van der Waals surface area contributed by atoms with E-state index in [4.69, 9.17) is 23.2 Å². The molecule has 0 aliphatic rings. The van der Waals surface area contributed by atoms with Crippen LogP contribution in [0.5, 0.6) is 0 Å². The lowest BCUT2D eigenvalue weighted by Crippen LogP contribution is -2.34. The van der Waals surface area contributed by atoms with E-state index in [9.17, 15) is 13.2 Å². The summed E-state index contributed by atoms with van der Waals surface area (Å²) in [6.07, 6.45) is -4.25. The predicted octanol–water partition coefficient (Wildman–Crippen LogP) is 4.47. The average molecular weight is 286 g/mol. The van der Waals surface area contributed by atoms with E-state index in [0.29, 0.717) is 16.3 Å². The zero-order chi connectivity index (χ0) is 13.1. The lowest BCUT2D eigenvalue weighted by molar-refractivity contribution is -0.119. The van der Waals surface area contributed by atoms with Crippen molar-refractivity contribution in [1.82, 2.24) is 0 Å². The number of benzene rings is 1. The number of rotatable bonds is 4. The minimum atomic E-state index is -4.25. The SMILES string of the molecule is CCN(CC(F)(F)F)c1cc(Cl)ccc1CCl. The molecule has 0 heterocycles. The van der Waals surface area contributed by atoms with Crippen LogP contribution in [0.15, 0.2) is 18.2 Å². The Hall–Kier alpha value is -0.610. The largest absolute Gasteiger partial charge is 0.405 e. The fourth-order valence-corrected chi connectivity index (χ4v) is 1.92. The molecule has 0 radical (unpaired) electrons. The Morgan fingerprint density at radius 1 is 1.29 bits per heavy atom. The predicted molar refractivity (Wildman–Crippen MR) is 65.0 cm³/mol. The molecule has 0 aliphatic carbocycles. The Labute approximate surface area is 108 Å². The minimum absolute atomic E-state index is 0.154. The van der Waals surface area contributed by atoms with E-state index in [1.54, 1.807) is 19.1 Å². The Morgan fingerprint density at radius 2 is 1.94 bits per heavy atom. The van der Waals surface area contributed by atoms with E-state index in [0.717, 1.165) is 0 Å². The third kappa shape index (κ3) is 4.28. The molecule has 0 aliphatic heterocycles. The maximum Gasteiger partial charge on any atom is 0.405 e. The number of hydrogen-bond acceptors (Lipinski definition) is 1. The summed E-state index contributed by atoms with van der Waals surface area (Å²) in [4.78, 5) is 1.21. The standard InChI is InChI=1S/C11H12Cl2F3N/c1-2-17(7-11(14,15)16)10-5-9(13)4-3-8(10)6-12/h3-5H,2,6-7H2,1H3. The van der Waals surface area contributed by atoms with Crippen molar-refractivity contribution in [2.45, 2.75) is 19.0 Å². The van der Waals surface area contributed by atoms with Gasteiger partial charge in [-0.05, 0) is 24.6 Å². The quantitative estimate of drug-likeness (QED) is 0.738. The van der Waals surface area contributed by atoms with Gasteiger partial charge in [-0.25, -0.2) is 0 Å². The van der Waals surface area contributed by atoms with Crippen molar-refractivity contribution < 1.29 is 13.2 Å². The van der Waals surface area contributed by atoms with Crippen LogP contribution in [0.1, 0.15) is 12.5 Å². The summed E-state index contributed by atoms with van der Waals surface area (Å²) >= 11 is 11.5. The highest BCUT2D eigenvalue weighted by Gasteiger charge is 2.31. The second-order valence-corrected chi connectivity index (χ2v) is 4.24. The zero-order valence-electron chi connectivity index (χ0n) is 9.19. The molecule has 0 saturated carbocycles. The van der Waals surface area contributed by atoms with Crippen LogP contribution in [-0.2, 0) is 5.88 Å². The molecule has 0 spiro atoms. The molecular formula is C11H12Cl2F3N. The van der Waals surface area contributed by atoms with E-state index in [1.165, 1.54) is 11.0 Å². The molecule has 0 bridgehead atoms. The van der Waals surface area contributed by atoms with Crippen LogP contribution in [0, 0.1) is 0 Å². The summed E-state index contributed by atoms with van der Waals surface area (Å²) in [6.45, 7) is 0.891. The van der Waals surface area contributed by atoms with Crippen molar-refractivity contribution in [2.24, 2.45) is 0 Å². The van der Waals surface area contributed by atoms with Gasteiger partial charge in [-0.1, -0.05) is 17.7 Å². The molecule has 96 valence electrons. The number of nitrogens with zero attached hydrogens (tertiary/aromatic N) is 1. The Bertz CT molecular complexity index is 379. The number of anilines is 1. The van der Waals surface area contributed by atoms with Gasteiger partial charge in [0.25, 0.3) is 0 Å². The Kier molecular flexibility index (Phi) is 4.95. The summed E-state index contributed by atoms with van der Waals surface area (Å²) in [5.74, 6) is 0.154. The monoisotopic (exact) mass is 285 g/mol. The van der Waals surface area contributed by atoms with Gasteiger partial charge in [-0.3, -0.25) is 0 Å². The van der Waals surface area contributed by atoms with Crippen LogP contribution < -0.4 is 4.90 Å². The first-order valence-corrected chi connectivity index (χ1v) is 5.94. The molecule has 17 heavy (non-hydrogen) atoms. The summed E-state index contributed by atoms with van der Waals surface area (Å²) in [5, 5.41) is 0.398. The lowest BCUT2D eigenvalue weighted by atomic mass is 10.2. The molecule has 1 aromatic rings. The zero-order valence-corrected chi connectivity index (χ0v) is 10.7. The molecule has 0 aromatic heterocycles. The maximum atomic E-state index is 12.4. The minimum Gasteiger partial charge on any atom is -0.363 e.